The highest BCUT2D eigenvalue weighted by Crippen LogP contribution is 2.23. The molecule has 0 amide bonds. The van der Waals surface area contributed by atoms with Crippen molar-refractivity contribution < 1.29 is 9.53 Å². The second kappa shape index (κ2) is 6.24. The lowest BCUT2D eigenvalue weighted by atomic mass is 10.2. The van der Waals surface area contributed by atoms with Crippen molar-refractivity contribution in [3.63, 3.8) is 0 Å². The number of halogens is 2. The van der Waals surface area contributed by atoms with Crippen molar-refractivity contribution in [1.82, 2.24) is 15.0 Å². The molecule has 0 aliphatic heterocycles. The van der Waals surface area contributed by atoms with E-state index in [1.807, 2.05) is 6.07 Å². The van der Waals surface area contributed by atoms with Crippen molar-refractivity contribution in [3.05, 3.63) is 45.2 Å². The van der Waals surface area contributed by atoms with Crippen molar-refractivity contribution in [2.75, 3.05) is 6.61 Å². The fourth-order valence-electron chi connectivity index (χ4n) is 1.71. The summed E-state index contributed by atoms with van der Waals surface area (Å²) in [6.07, 6.45) is 0. The third kappa shape index (κ3) is 3.11. The van der Waals surface area contributed by atoms with E-state index in [0.717, 1.165) is 5.56 Å². The zero-order chi connectivity index (χ0) is 14.7. The number of hydrogen-bond donors (Lipinski definition) is 0. The molecule has 0 saturated heterocycles. The molecule has 7 heteroatoms. The van der Waals surface area contributed by atoms with Crippen molar-refractivity contribution in [3.8, 4) is 0 Å². The van der Waals surface area contributed by atoms with Crippen LogP contribution in [0.4, 0.5) is 0 Å². The number of carbonyl (C=O) groups excluding carboxylic acids is 1. The Kier molecular flexibility index (Phi) is 4.62. The van der Waals surface area contributed by atoms with E-state index in [9.17, 15) is 4.79 Å². The second-order valence-electron chi connectivity index (χ2n) is 4.15. The normalized spacial score (nSPS) is 10.6. The average Bonchev–Trinajstić information content (AvgIpc) is 2.76. The van der Waals surface area contributed by atoms with Crippen LogP contribution in [0.25, 0.3) is 0 Å². The molecule has 2 rings (SSSR count). The fraction of sp³-hybridized carbons (Fsp3) is 0.308. The van der Waals surface area contributed by atoms with Gasteiger partial charge in [0.25, 0.3) is 0 Å². The molecule has 0 bridgehead atoms. The van der Waals surface area contributed by atoms with E-state index in [1.54, 1.807) is 30.7 Å². The summed E-state index contributed by atoms with van der Waals surface area (Å²) in [7, 11) is 0. The highest BCUT2D eigenvalue weighted by Gasteiger charge is 2.17. The number of ether oxygens (including phenoxy) is 1. The largest absolute Gasteiger partial charge is 0.461 e. The van der Waals surface area contributed by atoms with E-state index in [4.69, 9.17) is 27.9 Å². The summed E-state index contributed by atoms with van der Waals surface area (Å²) >= 11 is 11.8. The molecule has 0 unspecified atom stereocenters. The molecule has 1 aromatic carbocycles. The van der Waals surface area contributed by atoms with E-state index < -0.39 is 5.97 Å². The Morgan fingerprint density at radius 1 is 1.35 bits per heavy atom. The minimum absolute atomic E-state index is 0.229. The number of aromatic nitrogens is 3. The summed E-state index contributed by atoms with van der Waals surface area (Å²) in [4.78, 5) is 11.7. The van der Waals surface area contributed by atoms with Crippen molar-refractivity contribution in [2.45, 2.75) is 20.4 Å². The van der Waals surface area contributed by atoms with Crippen LogP contribution in [0.3, 0.4) is 0 Å². The summed E-state index contributed by atoms with van der Waals surface area (Å²) in [6, 6.07) is 5.33. The highest BCUT2D eigenvalue weighted by atomic mass is 35.5. The van der Waals surface area contributed by atoms with Gasteiger partial charge in [-0.3, -0.25) is 0 Å². The average molecular weight is 314 g/mol. The molecule has 20 heavy (non-hydrogen) atoms. The molecule has 0 spiro atoms. The van der Waals surface area contributed by atoms with Crippen LogP contribution in [0.15, 0.2) is 18.2 Å². The van der Waals surface area contributed by atoms with Crippen LogP contribution in [0, 0.1) is 6.92 Å². The van der Waals surface area contributed by atoms with Crippen LogP contribution in [0.2, 0.25) is 10.0 Å². The van der Waals surface area contributed by atoms with Crippen molar-refractivity contribution >= 4 is 29.2 Å². The van der Waals surface area contributed by atoms with Crippen LogP contribution in [0.1, 0.15) is 28.7 Å². The molecule has 0 N–H and O–H groups in total. The van der Waals surface area contributed by atoms with Gasteiger partial charge in [0, 0.05) is 0 Å². The van der Waals surface area contributed by atoms with Gasteiger partial charge in [-0.05, 0) is 31.5 Å². The third-order valence-corrected chi connectivity index (χ3v) is 3.51. The zero-order valence-electron chi connectivity index (χ0n) is 11.1. The first kappa shape index (κ1) is 14.8. The number of nitrogens with zero attached hydrogens (tertiary/aromatic N) is 3. The van der Waals surface area contributed by atoms with Crippen molar-refractivity contribution in [1.29, 1.82) is 0 Å². The van der Waals surface area contributed by atoms with Gasteiger partial charge in [-0.15, -0.1) is 5.10 Å². The first-order chi connectivity index (χ1) is 9.52. The van der Waals surface area contributed by atoms with Crippen LogP contribution in [-0.4, -0.2) is 27.6 Å². The maximum atomic E-state index is 11.7. The summed E-state index contributed by atoms with van der Waals surface area (Å²) in [5, 5.41) is 8.78. The van der Waals surface area contributed by atoms with E-state index in [1.165, 1.54) is 0 Å². The number of hydrogen-bond acceptors (Lipinski definition) is 4. The van der Waals surface area contributed by atoms with Crippen LogP contribution < -0.4 is 0 Å². The number of esters is 1. The predicted molar refractivity (Wildman–Crippen MR) is 76.3 cm³/mol. The van der Waals surface area contributed by atoms with E-state index in [-0.39, 0.29) is 5.69 Å². The Morgan fingerprint density at radius 3 is 2.75 bits per heavy atom. The number of rotatable bonds is 4. The molecular formula is C13H13Cl2N3O2. The van der Waals surface area contributed by atoms with E-state index in [0.29, 0.717) is 28.9 Å². The molecule has 0 atom stereocenters. The first-order valence-corrected chi connectivity index (χ1v) is 6.79. The lowest BCUT2D eigenvalue weighted by Gasteiger charge is -2.05. The van der Waals surface area contributed by atoms with E-state index >= 15 is 0 Å². The van der Waals surface area contributed by atoms with Crippen molar-refractivity contribution in [2.24, 2.45) is 0 Å². The Hall–Kier alpha value is -1.59. The Labute approximate surface area is 126 Å². The van der Waals surface area contributed by atoms with Gasteiger partial charge in [0.1, 0.15) is 0 Å². The molecule has 1 aromatic heterocycles. The lowest BCUT2D eigenvalue weighted by molar-refractivity contribution is 0.0518. The molecule has 0 fully saturated rings. The van der Waals surface area contributed by atoms with Gasteiger partial charge in [-0.2, -0.15) is 0 Å². The summed E-state index contributed by atoms with van der Waals surface area (Å²) in [5.74, 6) is -0.467. The smallest absolute Gasteiger partial charge is 0.360 e. The molecule has 1 heterocycles. The van der Waals surface area contributed by atoms with Gasteiger partial charge in [0.15, 0.2) is 5.69 Å². The molecule has 0 aliphatic carbocycles. The van der Waals surface area contributed by atoms with Gasteiger partial charge in [-0.25, -0.2) is 9.48 Å². The molecule has 106 valence electrons. The van der Waals surface area contributed by atoms with E-state index in [2.05, 4.69) is 10.3 Å². The number of benzene rings is 1. The van der Waals surface area contributed by atoms with Crippen LogP contribution >= 0.6 is 23.2 Å². The highest BCUT2D eigenvalue weighted by molar-refractivity contribution is 6.42. The molecule has 5 nitrogen and oxygen atoms in total. The SMILES string of the molecule is CCOC(=O)c1nnn(Cc2ccc(Cl)c(Cl)c2)c1C. The van der Waals surface area contributed by atoms with Gasteiger partial charge < -0.3 is 4.74 Å². The minimum atomic E-state index is -0.467. The Morgan fingerprint density at radius 2 is 2.10 bits per heavy atom. The molecule has 0 aliphatic rings. The Balaban J connectivity index is 2.22. The van der Waals surface area contributed by atoms with Gasteiger partial charge in [-0.1, -0.05) is 34.5 Å². The molecule has 2 aromatic rings. The maximum absolute atomic E-state index is 11.7. The quantitative estimate of drug-likeness (QED) is 0.814. The Bertz CT molecular complexity index is 641. The van der Waals surface area contributed by atoms with Gasteiger partial charge in [0.05, 0.1) is 28.9 Å². The topological polar surface area (TPSA) is 57.0 Å². The van der Waals surface area contributed by atoms with Gasteiger partial charge >= 0.3 is 5.97 Å². The summed E-state index contributed by atoms with van der Waals surface area (Å²) in [5.41, 5.74) is 1.80. The summed E-state index contributed by atoms with van der Waals surface area (Å²) < 4.78 is 6.53. The molecule has 0 saturated carbocycles. The van der Waals surface area contributed by atoms with Crippen LogP contribution in [0.5, 0.6) is 0 Å². The first-order valence-electron chi connectivity index (χ1n) is 6.04. The van der Waals surface area contributed by atoms with Crippen LogP contribution in [-0.2, 0) is 11.3 Å². The standard InChI is InChI=1S/C13H13Cl2N3O2/c1-3-20-13(19)12-8(2)18(17-16-12)7-9-4-5-10(14)11(15)6-9/h4-6H,3,7H2,1-2H3. The zero-order valence-corrected chi connectivity index (χ0v) is 12.6. The van der Waals surface area contributed by atoms with Gasteiger partial charge in [0.2, 0.25) is 0 Å². The molecular weight excluding hydrogens is 301 g/mol. The maximum Gasteiger partial charge on any atom is 0.360 e. The third-order valence-electron chi connectivity index (χ3n) is 2.77. The second-order valence-corrected chi connectivity index (χ2v) is 4.96. The molecule has 0 radical (unpaired) electrons. The number of carbonyl (C=O) groups is 1. The summed E-state index contributed by atoms with van der Waals surface area (Å²) in [6.45, 7) is 4.27. The predicted octanol–water partition coefficient (Wildman–Crippen LogP) is 3.12. The fourth-order valence-corrected chi connectivity index (χ4v) is 2.03. The lowest BCUT2D eigenvalue weighted by Crippen LogP contribution is -2.08. The minimum Gasteiger partial charge on any atom is -0.461 e. The monoisotopic (exact) mass is 313 g/mol.